The van der Waals surface area contributed by atoms with Crippen LogP contribution in [-0.2, 0) is 12.8 Å². The van der Waals surface area contributed by atoms with E-state index in [1.807, 2.05) is 0 Å². The van der Waals surface area contributed by atoms with Crippen molar-refractivity contribution in [3.05, 3.63) is 40.3 Å². The number of nitrogens with two attached hydrogens (primary N) is 1. The molecule has 1 aromatic carbocycles. The Hall–Kier alpha value is -2.01. The number of thiophene rings is 1. The van der Waals surface area contributed by atoms with E-state index in [9.17, 15) is 9.90 Å². The number of anilines is 2. The van der Waals surface area contributed by atoms with Crippen molar-refractivity contribution in [1.82, 2.24) is 0 Å². The first-order valence-electron chi connectivity index (χ1n) is 7.16. The Kier molecular flexibility index (Phi) is 3.84. The Labute approximate surface area is 127 Å². The number of rotatable bonds is 2. The Balaban J connectivity index is 1.91. The number of carbonyl (C=O) groups is 1. The number of nitrogen functional groups attached to an aromatic ring is 1. The highest BCUT2D eigenvalue weighted by Gasteiger charge is 2.23. The van der Waals surface area contributed by atoms with E-state index in [0.29, 0.717) is 16.3 Å². The molecule has 0 unspecified atom stereocenters. The third kappa shape index (κ3) is 2.74. The fraction of sp³-hybridized carbons (Fsp3) is 0.312. The van der Waals surface area contributed by atoms with E-state index >= 15 is 0 Å². The van der Waals surface area contributed by atoms with Crippen LogP contribution in [0, 0.1) is 0 Å². The summed E-state index contributed by atoms with van der Waals surface area (Å²) in [7, 11) is 0. The molecular formula is C16H18N2O2S. The van der Waals surface area contributed by atoms with Crippen molar-refractivity contribution in [2.75, 3.05) is 11.1 Å². The first kappa shape index (κ1) is 13.9. The molecule has 4 N–H and O–H groups in total. The van der Waals surface area contributed by atoms with E-state index in [2.05, 4.69) is 5.32 Å². The summed E-state index contributed by atoms with van der Waals surface area (Å²) in [6.45, 7) is 0. The smallest absolute Gasteiger partial charge is 0.259 e. The number of nitrogens with one attached hydrogen (secondary N) is 1. The van der Waals surface area contributed by atoms with E-state index in [1.165, 1.54) is 22.6 Å². The molecule has 1 aromatic heterocycles. The first-order valence-corrected chi connectivity index (χ1v) is 7.98. The number of carbonyl (C=O) groups excluding carboxylic acids is 1. The fourth-order valence-corrected chi connectivity index (χ4v) is 3.93. The Bertz CT molecular complexity index is 679. The van der Waals surface area contributed by atoms with E-state index in [0.717, 1.165) is 31.2 Å². The molecule has 4 nitrogen and oxygen atoms in total. The zero-order valence-electron chi connectivity index (χ0n) is 11.7. The van der Waals surface area contributed by atoms with Crippen LogP contribution in [0.5, 0.6) is 5.75 Å². The van der Waals surface area contributed by atoms with E-state index < -0.39 is 0 Å². The van der Waals surface area contributed by atoms with E-state index in [1.54, 1.807) is 24.3 Å². The predicted molar refractivity (Wildman–Crippen MR) is 86.1 cm³/mol. The lowest BCUT2D eigenvalue weighted by Gasteiger charge is -2.09. The number of hydrogen-bond acceptors (Lipinski definition) is 4. The maximum atomic E-state index is 12.5. The van der Waals surface area contributed by atoms with Crippen LogP contribution in [0.3, 0.4) is 0 Å². The summed E-state index contributed by atoms with van der Waals surface area (Å²) in [6, 6.07) is 6.71. The van der Waals surface area contributed by atoms with Gasteiger partial charge < -0.3 is 16.2 Å². The maximum Gasteiger partial charge on any atom is 0.259 e. The van der Waals surface area contributed by atoms with Crippen LogP contribution in [0.1, 0.15) is 40.1 Å². The summed E-state index contributed by atoms with van der Waals surface area (Å²) in [6.07, 6.45) is 5.37. The van der Waals surface area contributed by atoms with Gasteiger partial charge in [0.15, 0.2) is 0 Å². The van der Waals surface area contributed by atoms with Crippen molar-refractivity contribution in [3.8, 4) is 5.75 Å². The monoisotopic (exact) mass is 302 g/mol. The van der Waals surface area contributed by atoms with Crippen LogP contribution in [-0.4, -0.2) is 11.0 Å². The second kappa shape index (κ2) is 5.77. The van der Waals surface area contributed by atoms with Gasteiger partial charge in [0.05, 0.1) is 16.3 Å². The number of fused-ring (bicyclic) bond motifs is 1. The second-order valence-corrected chi connectivity index (χ2v) is 6.41. The standard InChI is InChI=1S/C16H18N2O2S/c17-15-14(10-6-2-1-3-9-13(10)21-15)16(20)18-11-7-4-5-8-12(11)19/h4-5,7-8,19H,1-3,6,9,17H2,(H,18,20). The lowest BCUT2D eigenvalue weighted by molar-refractivity contribution is 0.102. The fourth-order valence-electron chi connectivity index (χ4n) is 2.78. The zero-order chi connectivity index (χ0) is 14.8. The molecule has 0 aliphatic heterocycles. The lowest BCUT2D eigenvalue weighted by Crippen LogP contribution is -2.15. The number of aryl methyl sites for hydroxylation is 1. The third-order valence-electron chi connectivity index (χ3n) is 3.83. The van der Waals surface area contributed by atoms with Crippen LogP contribution < -0.4 is 11.1 Å². The summed E-state index contributed by atoms with van der Waals surface area (Å²) >= 11 is 1.53. The third-order valence-corrected chi connectivity index (χ3v) is 4.95. The normalized spacial score (nSPS) is 14.3. The Morgan fingerprint density at radius 2 is 1.95 bits per heavy atom. The topological polar surface area (TPSA) is 75.4 Å². The highest BCUT2D eigenvalue weighted by Crippen LogP contribution is 2.36. The van der Waals surface area contributed by atoms with Crippen LogP contribution >= 0.6 is 11.3 Å². The van der Waals surface area contributed by atoms with Crippen molar-refractivity contribution >= 4 is 27.9 Å². The number of phenolic OH excluding ortho intramolecular Hbond substituents is 1. The first-order chi connectivity index (χ1) is 10.2. The molecule has 1 aliphatic carbocycles. The molecule has 0 saturated heterocycles. The molecule has 0 atom stereocenters. The van der Waals surface area contributed by atoms with Gasteiger partial charge in [0, 0.05) is 4.88 Å². The molecule has 5 heteroatoms. The molecule has 2 aromatic rings. The second-order valence-electron chi connectivity index (χ2n) is 5.27. The van der Waals surface area contributed by atoms with Crippen LogP contribution in [0.2, 0.25) is 0 Å². The summed E-state index contributed by atoms with van der Waals surface area (Å²) in [4.78, 5) is 13.8. The van der Waals surface area contributed by atoms with Crippen molar-refractivity contribution < 1.29 is 9.90 Å². The predicted octanol–water partition coefficient (Wildman–Crippen LogP) is 3.56. The molecule has 3 rings (SSSR count). The van der Waals surface area contributed by atoms with Crippen LogP contribution in [0.15, 0.2) is 24.3 Å². The molecule has 0 spiro atoms. The minimum absolute atomic E-state index is 0.0609. The van der Waals surface area contributed by atoms with E-state index in [4.69, 9.17) is 5.73 Å². The highest BCUT2D eigenvalue weighted by molar-refractivity contribution is 7.16. The van der Waals surface area contributed by atoms with E-state index in [-0.39, 0.29) is 11.7 Å². The van der Waals surface area contributed by atoms with Gasteiger partial charge in [0.1, 0.15) is 5.75 Å². The van der Waals surface area contributed by atoms with Gasteiger partial charge in [-0.25, -0.2) is 0 Å². The van der Waals surface area contributed by atoms with Crippen molar-refractivity contribution in [2.24, 2.45) is 0 Å². The number of phenols is 1. The highest BCUT2D eigenvalue weighted by atomic mass is 32.1. The molecule has 1 aliphatic rings. The molecule has 21 heavy (non-hydrogen) atoms. The number of benzene rings is 1. The van der Waals surface area contributed by atoms with Gasteiger partial charge in [-0.2, -0.15) is 0 Å². The van der Waals surface area contributed by atoms with Gasteiger partial charge in [-0.15, -0.1) is 11.3 Å². The van der Waals surface area contributed by atoms with Gasteiger partial charge >= 0.3 is 0 Å². The zero-order valence-corrected chi connectivity index (χ0v) is 12.5. The average Bonchev–Trinajstić information content (AvgIpc) is 2.62. The molecular weight excluding hydrogens is 284 g/mol. The van der Waals surface area contributed by atoms with Crippen LogP contribution in [0.25, 0.3) is 0 Å². The van der Waals surface area contributed by atoms with Gasteiger partial charge in [0.2, 0.25) is 0 Å². The van der Waals surface area contributed by atoms with Crippen LogP contribution in [0.4, 0.5) is 10.7 Å². The van der Waals surface area contributed by atoms with Crippen molar-refractivity contribution in [1.29, 1.82) is 0 Å². The largest absolute Gasteiger partial charge is 0.506 e. The maximum absolute atomic E-state index is 12.5. The van der Waals surface area contributed by atoms with Gasteiger partial charge in [-0.05, 0) is 43.4 Å². The van der Waals surface area contributed by atoms with Gasteiger partial charge in [0.25, 0.3) is 5.91 Å². The number of amides is 1. The van der Waals surface area contributed by atoms with Gasteiger partial charge in [-0.3, -0.25) is 4.79 Å². The minimum Gasteiger partial charge on any atom is -0.506 e. The molecule has 0 bridgehead atoms. The molecule has 0 saturated carbocycles. The summed E-state index contributed by atoms with van der Waals surface area (Å²) < 4.78 is 0. The molecule has 110 valence electrons. The lowest BCUT2D eigenvalue weighted by atomic mass is 10.0. The molecule has 1 amide bonds. The summed E-state index contributed by atoms with van der Waals surface area (Å²) in [5.74, 6) is -0.167. The Morgan fingerprint density at radius 3 is 2.76 bits per heavy atom. The summed E-state index contributed by atoms with van der Waals surface area (Å²) in [5.41, 5.74) is 8.17. The Morgan fingerprint density at radius 1 is 1.19 bits per heavy atom. The molecule has 1 heterocycles. The van der Waals surface area contributed by atoms with Crippen molar-refractivity contribution in [2.45, 2.75) is 32.1 Å². The summed E-state index contributed by atoms with van der Waals surface area (Å²) in [5, 5.41) is 13.1. The average molecular weight is 302 g/mol. The SMILES string of the molecule is Nc1sc2c(c1C(=O)Nc1ccccc1O)CCCCC2. The number of para-hydroxylation sites is 2. The van der Waals surface area contributed by atoms with Gasteiger partial charge in [-0.1, -0.05) is 18.6 Å². The molecule has 0 radical (unpaired) electrons. The minimum atomic E-state index is -0.228. The van der Waals surface area contributed by atoms with Crippen molar-refractivity contribution in [3.63, 3.8) is 0 Å². The number of aromatic hydroxyl groups is 1. The molecule has 0 fully saturated rings. The quantitative estimate of drug-likeness (QED) is 0.586. The number of hydrogen-bond donors (Lipinski definition) is 3.